The minimum atomic E-state index is -3.47. The summed E-state index contributed by atoms with van der Waals surface area (Å²) in [7, 11) is -1.67. The molecule has 112 valence electrons. The number of hydrogen-bond acceptors (Lipinski definition) is 4. The summed E-state index contributed by atoms with van der Waals surface area (Å²) in [6.45, 7) is 5.56. The molecule has 1 aliphatic rings. The molecule has 0 unspecified atom stereocenters. The third-order valence-electron chi connectivity index (χ3n) is 3.35. The van der Waals surface area contributed by atoms with Gasteiger partial charge in [-0.1, -0.05) is 18.2 Å². The van der Waals surface area contributed by atoms with Crippen LogP contribution >= 0.6 is 0 Å². The van der Waals surface area contributed by atoms with Crippen LogP contribution in [0.3, 0.4) is 0 Å². The Labute approximate surface area is 121 Å². The van der Waals surface area contributed by atoms with E-state index in [0.29, 0.717) is 31.1 Å². The lowest BCUT2D eigenvalue weighted by Crippen LogP contribution is -2.50. The molecule has 0 saturated carbocycles. The van der Waals surface area contributed by atoms with E-state index < -0.39 is 15.6 Å². The largest absolute Gasteiger partial charge is 0.373 e. The first-order chi connectivity index (χ1) is 9.37. The predicted octanol–water partition coefficient (Wildman–Crippen LogP) is 1.21. The van der Waals surface area contributed by atoms with E-state index in [1.807, 2.05) is 26.0 Å². The third-order valence-corrected chi connectivity index (χ3v) is 5.29. The molecule has 1 N–H and O–H groups in total. The summed E-state index contributed by atoms with van der Waals surface area (Å²) < 4.78 is 32.7. The Kier molecular flexibility index (Phi) is 4.49. The topological polar surface area (TPSA) is 58.6 Å². The van der Waals surface area contributed by atoms with E-state index in [2.05, 4.69) is 5.32 Å². The van der Waals surface area contributed by atoms with E-state index in [1.54, 1.807) is 19.2 Å². The zero-order chi connectivity index (χ0) is 14.8. The van der Waals surface area contributed by atoms with Gasteiger partial charge in [-0.05, 0) is 32.5 Å². The van der Waals surface area contributed by atoms with Crippen molar-refractivity contribution in [1.82, 2.24) is 9.62 Å². The van der Waals surface area contributed by atoms with E-state index in [0.717, 1.165) is 5.56 Å². The van der Waals surface area contributed by atoms with Gasteiger partial charge >= 0.3 is 0 Å². The highest BCUT2D eigenvalue weighted by Crippen LogP contribution is 2.25. The number of nitrogens with zero attached hydrogens (tertiary/aromatic N) is 1. The second-order valence-electron chi connectivity index (χ2n) is 5.58. The van der Waals surface area contributed by atoms with Crippen molar-refractivity contribution in [2.75, 3.05) is 26.7 Å². The first-order valence-corrected chi connectivity index (χ1v) is 8.17. The Morgan fingerprint density at radius 3 is 2.70 bits per heavy atom. The van der Waals surface area contributed by atoms with Crippen molar-refractivity contribution < 1.29 is 13.2 Å². The van der Waals surface area contributed by atoms with Crippen LogP contribution in [-0.2, 0) is 21.3 Å². The number of benzene rings is 1. The lowest BCUT2D eigenvalue weighted by molar-refractivity contribution is -0.0640. The normalized spacial score (nSPS) is 19.9. The maximum Gasteiger partial charge on any atom is 0.243 e. The molecule has 0 spiro atoms. The molecule has 6 heteroatoms. The van der Waals surface area contributed by atoms with Crippen molar-refractivity contribution in [3.63, 3.8) is 0 Å². The molecule has 0 radical (unpaired) electrons. The van der Waals surface area contributed by atoms with Crippen molar-refractivity contribution in [1.29, 1.82) is 0 Å². The highest BCUT2D eigenvalue weighted by molar-refractivity contribution is 7.89. The lowest BCUT2D eigenvalue weighted by atomic mass is 10.1. The molecule has 0 atom stereocenters. The van der Waals surface area contributed by atoms with E-state index in [9.17, 15) is 8.42 Å². The minimum Gasteiger partial charge on any atom is -0.373 e. The summed E-state index contributed by atoms with van der Waals surface area (Å²) in [5.41, 5.74) is 0.350. The number of rotatable bonds is 4. The van der Waals surface area contributed by atoms with Crippen LogP contribution in [0.2, 0.25) is 0 Å². The molecule has 1 saturated heterocycles. The van der Waals surface area contributed by atoms with Gasteiger partial charge in [-0.3, -0.25) is 0 Å². The zero-order valence-corrected chi connectivity index (χ0v) is 13.0. The monoisotopic (exact) mass is 298 g/mol. The molecular weight excluding hydrogens is 276 g/mol. The number of morpholine rings is 1. The summed E-state index contributed by atoms with van der Waals surface area (Å²) in [5.74, 6) is 0. The van der Waals surface area contributed by atoms with Gasteiger partial charge in [0.1, 0.15) is 0 Å². The first kappa shape index (κ1) is 15.4. The molecular formula is C14H22N2O3S. The molecule has 1 aromatic carbocycles. The zero-order valence-electron chi connectivity index (χ0n) is 12.2. The Hall–Kier alpha value is -0.950. The molecule has 1 aliphatic heterocycles. The third kappa shape index (κ3) is 3.20. The molecule has 2 rings (SSSR count). The van der Waals surface area contributed by atoms with Crippen LogP contribution in [0.15, 0.2) is 29.2 Å². The van der Waals surface area contributed by atoms with Crippen LogP contribution < -0.4 is 5.32 Å². The van der Waals surface area contributed by atoms with Crippen LogP contribution in [0.25, 0.3) is 0 Å². The maximum atomic E-state index is 12.8. The van der Waals surface area contributed by atoms with Gasteiger partial charge in [0.2, 0.25) is 10.0 Å². The Morgan fingerprint density at radius 2 is 2.05 bits per heavy atom. The summed E-state index contributed by atoms with van der Waals surface area (Å²) in [6, 6.07) is 7.13. The van der Waals surface area contributed by atoms with Crippen molar-refractivity contribution in [3.8, 4) is 0 Å². The summed E-state index contributed by atoms with van der Waals surface area (Å²) >= 11 is 0. The predicted molar refractivity (Wildman–Crippen MR) is 78.0 cm³/mol. The molecule has 0 amide bonds. The van der Waals surface area contributed by atoms with E-state index in [1.165, 1.54) is 4.31 Å². The summed E-state index contributed by atoms with van der Waals surface area (Å²) in [5, 5.41) is 3.01. The number of hydrogen-bond donors (Lipinski definition) is 1. The summed E-state index contributed by atoms with van der Waals surface area (Å²) in [6.07, 6.45) is 0. The van der Waals surface area contributed by atoms with Crippen LogP contribution in [0.4, 0.5) is 0 Å². The van der Waals surface area contributed by atoms with Gasteiger partial charge in [0, 0.05) is 19.6 Å². The fourth-order valence-corrected chi connectivity index (χ4v) is 4.21. The van der Waals surface area contributed by atoms with Gasteiger partial charge in [0.05, 0.1) is 17.1 Å². The van der Waals surface area contributed by atoms with E-state index in [4.69, 9.17) is 4.74 Å². The van der Waals surface area contributed by atoms with Gasteiger partial charge in [-0.25, -0.2) is 8.42 Å². The van der Waals surface area contributed by atoms with Gasteiger partial charge in [-0.2, -0.15) is 4.31 Å². The minimum absolute atomic E-state index is 0.378. The van der Waals surface area contributed by atoms with Crippen molar-refractivity contribution >= 4 is 10.0 Å². The number of nitrogens with one attached hydrogen (secondary N) is 1. The summed E-state index contributed by atoms with van der Waals surface area (Å²) in [4.78, 5) is 0.382. The Bertz CT molecular complexity index is 570. The van der Waals surface area contributed by atoms with Crippen LogP contribution in [0.1, 0.15) is 19.4 Å². The first-order valence-electron chi connectivity index (χ1n) is 6.73. The maximum absolute atomic E-state index is 12.8. The molecule has 1 aromatic rings. The van der Waals surface area contributed by atoms with Gasteiger partial charge in [0.15, 0.2) is 0 Å². The van der Waals surface area contributed by atoms with Crippen LogP contribution in [-0.4, -0.2) is 45.1 Å². The molecule has 5 nitrogen and oxygen atoms in total. The fourth-order valence-electron chi connectivity index (χ4n) is 2.41. The van der Waals surface area contributed by atoms with Crippen molar-refractivity contribution in [2.24, 2.45) is 0 Å². The van der Waals surface area contributed by atoms with Crippen LogP contribution in [0, 0.1) is 0 Å². The average molecular weight is 298 g/mol. The van der Waals surface area contributed by atoms with Gasteiger partial charge in [-0.15, -0.1) is 0 Å². The fraction of sp³-hybridized carbons (Fsp3) is 0.571. The van der Waals surface area contributed by atoms with Gasteiger partial charge in [0.25, 0.3) is 0 Å². The van der Waals surface area contributed by atoms with E-state index >= 15 is 0 Å². The Balaban J connectivity index is 2.35. The number of sulfonamides is 1. The van der Waals surface area contributed by atoms with Crippen molar-refractivity contribution in [3.05, 3.63) is 29.8 Å². The highest BCUT2D eigenvalue weighted by Gasteiger charge is 2.35. The SMILES string of the molecule is CNCc1ccccc1S(=O)(=O)N1CCOC(C)(C)C1. The van der Waals surface area contributed by atoms with E-state index in [-0.39, 0.29) is 0 Å². The number of ether oxygens (including phenoxy) is 1. The smallest absolute Gasteiger partial charge is 0.243 e. The highest BCUT2D eigenvalue weighted by atomic mass is 32.2. The molecule has 1 heterocycles. The molecule has 1 fully saturated rings. The molecule has 20 heavy (non-hydrogen) atoms. The van der Waals surface area contributed by atoms with Crippen molar-refractivity contribution in [2.45, 2.75) is 30.9 Å². The second-order valence-corrected chi connectivity index (χ2v) is 7.49. The second kappa shape index (κ2) is 5.81. The lowest BCUT2D eigenvalue weighted by Gasteiger charge is -2.37. The molecule has 0 aliphatic carbocycles. The molecule has 0 aromatic heterocycles. The molecule has 0 bridgehead atoms. The Morgan fingerprint density at radius 1 is 1.35 bits per heavy atom. The quantitative estimate of drug-likeness (QED) is 0.907. The van der Waals surface area contributed by atoms with Gasteiger partial charge < -0.3 is 10.1 Å². The van der Waals surface area contributed by atoms with Crippen LogP contribution in [0.5, 0.6) is 0 Å². The standard InChI is InChI=1S/C14H22N2O3S/c1-14(2)11-16(8-9-19-14)20(17,18)13-7-5-4-6-12(13)10-15-3/h4-7,15H,8-11H2,1-3H3. The average Bonchev–Trinajstić information content (AvgIpc) is 2.38.